The number of amides is 2. The Morgan fingerprint density at radius 1 is 1.50 bits per heavy atom. The van der Waals surface area contributed by atoms with Gasteiger partial charge in [-0.3, -0.25) is 9.65 Å². The van der Waals surface area contributed by atoms with Crippen LogP contribution in [0.5, 0.6) is 0 Å². The van der Waals surface area contributed by atoms with E-state index in [1.54, 1.807) is 6.26 Å². The lowest BCUT2D eigenvalue weighted by atomic mass is 10.3. The molecule has 0 aromatic heterocycles. The van der Waals surface area contributed by atoms with Gasteiger partial charge < -0.3 is 14.2 Å². The van der Waals surface area contributed by atoms with Crippen molar-refractivity contribution in [3.05, 3.63) is 0 Å². The number of methoxy groups -OCH3 is 1. The molecule has 1 heterocycles. The van der Waals surface area contributed by atoms with Crippen molar-refractivity contribution in [2.45, 2.75) is 6.04 Å². The first-order valence-corrected chi connectivity index (χ1v) is 9.54. The molecule has 0 aromatic rings. The monoisotopic (exact) mass is 314 g/mol. The molecule has 10 heteroatoms. The minimum absolute atomic E-state index is 0.351. The van der Waals surface area contributed by atoms with Crippen molar-refractivity contribution in [1.82, 2.24) is 9.99 Å². The standard InChI is InChI=1S/C8H15N2O5PS2/c1-14-7(11)6-4-18-5-10(6)8(12)9-16(13,15-2)17-3/h6H,4-5H2,1-3H3,(H,9,12,13). The second-order valence-corrected chi connectivity index (χ2v) is 8.77. The molecule has 2 atom stereocenters. The minimum Gasteiger partial charge on any atom is -0.467 e. The summed E-state index contributed by atoms with van der Waals surface area (Å²) in [5.41, 5.74) is 0. The SMILES string of the molecule is COC(=O)C1CSCN1C(=O)NP(=O)(OC)SC. The van der Waals surface area contributed by atoms with Crippen LogP contribution in [-0.2, 0) is 18.6 Å². The average Bonchev–Trinajstić information content (AvgIpc) is 2.86. The zero-order valence-corrected chi connectivity index (χ0v) is 12.8. The number of hydrogen-bond donors (Lipinski definition) is 1. The number of ether oxygens (including phenoxy) is 1. The molecule has 1 fully saturated rings. The Labute approximate surface area is 114 Å². The van der Waals surface area contributed by atoms with Gasteiger partial charge in [0.05, 0.1) is 13.0 Å². The van der Waals surface area contributed by atoms with Crippen LogP contribution in [0.2, 0.25) is 0 Å². The third-order valence-corrected chi connectivity index (χ3v) is 6.93. The van der Waals surface area contributed by atoms with E-state index in [1.165, 1.54) is 30.9 Å². The maximum Gasteiger partial charge on any atom is 0.354 e. The maximum absolute atomic E-state index is 11.9. The predicted molar refractivity (Wildman–Crippen MR) is 71.6 cm³/mol. The molecule has 1 rings (SSSR count). The quantitative estimate of drug-likeness (QED) is 0.619. The van der Waals surface area contributed by atoms with Crippen LogP contribution in [0.3, 0.4) is 0 Å². The highest BCUT2D eigenvalue weighted by Gasteiger charge is 2.37. The number of nitrogens with zero attached hydrogens (tertiary/aromatic N) is 1. The van der Waals surface area contributed by atoms with E-state index in [9.17, 15) is 14.2 Å². The molecule has 0 aliphatic carbocycles. The van der Waals surface area contributed by atoms with Crippen LogP contribution in [0.4, 0.5) is 4.79 Å². The Bertz CT molecular complexity index is 372. The maximum atomic E-state index is 11.9. The summed E-state index contributed by atoms with van der Waals surface area (Å²) in [4.78, 5) is 24.7. The molecule has 0 aromatic carbocycles. The van der Waals surface area contributed by atoms with Gasteiger partial charge in [-0.2, -0.15) is 0 Å². The molecule has 2 unspecified atom stereocenters. The zero-order valence-electron chi connectivity index (χ0n) is 10.2. The smallest absolute Gasteiger partial charge is 0.354 e. The fraction of sp³-hybridized carbons (Fsp3) is 0.750. The summed E-state index contributed by atoms with van der Waals surface area (Å²) in [6, 6.07) is -1.23. The summed E-state index contributed by atoms with van der Waals surface area (Å²) < 4.78 is 21.3. The third-order valence-electron chi connectivity index (χ3n) is 2.33. The molecule has 104 valence electrons. The molecule has 1 N–H and O–H groups in total. The number of esters is 1. The van der Waals surface area contributed by atoms with Crippen LogP contribution in [0, 0.1) is 0 Å². The molecule has 0 saturated carbocycles. The van der Waals surface area contributed by atoms with Gasteiger partial charge in [0.25, 0.3) is 0 Å². The van der Waals surface area contributed by atoms with Crippen LogP contribution in [0.25, 0.3) is 0 Å². The van der Waals surface area contributed by atoms with Crippen molar-refractivity contribution < 1.29 is 23.4 Å². The largest absolute Gasteiger partial charge is 0.467 e. The third kappa shape index (κ3) is 3.57. The number of carbonyl (C=O) groups excluding carboxylic acids is 2. The minimum atomic E-state index is -3.24. The molecule has 2 amide bonds. The number of carbonyl (C=O) groups is 2. The van der Waals surface area contributed by atoms with Crippen LogP contribution >= 0.6 is 29.9 Å². The number of hydrogen-bond acceptors (Lipinski definition) is 7. The van der Waals surface area contributed by atoms with Gasteiger partial charge in [-0.1, -0.05) is 11.4 Å². The highest BCUT2D eigenvalue weighted by molar-refractivity contribution is 8.55. The van der Waals surface area contributed by atoms with E-state index in [1.807, 2.05) is 0 Å². The van der Waals surface area contributed by atoms with Crippen molar-refractivity contribution >= 4 is 41.9 Å². The summed E-state index contributed by atoms with van der Waals surface area (Å²) in [5, 5.41) is 2.31. The lowest BCUT2D eigenvalue weighted by Crippen LogP contribution is -2.46. The van der Waals surface area contributed by atoms with E-state index in [4.69, 9.17) is 4.52 Å². The van der Waals surface area contributed by atoms with Crippen molar-refractivity contribution in [1.29, 1.82) is 0 Å². The summed E-state index contributed by atoms with van der Waals surface area (Å²) in [7, 11) is 2.53. The summed E-state index contributed by atoms with van der Waals surface area (Å²) in [6.07, 6.45) is 1.57. The van der Waals surface area contributed by atoms with Gasteiger partial charge in [-0.15, -0.1) is 11.8 Å². The molecule has 7 nitrogen and oxygen atoms in total. The molecule has 1 saturated heterocycles. The Morgan fingerprint density at radius 2 is 2.17 bits per heavy atom. The topological polar surface area (TPSA) is 84.9 Å². The van der Waals surface area contributed by atoms with Crippen molar-refractivity contribution in [2.24, 2.45) is 0 Å². The van der Waals surface area contributed by atoms with Crippen molar-refractivity contribution in [3.8, 4) is 0 Å². The summed E-state index contributed by atoms with van der Waals surface area (Å²) >= 11 is 2.36. The first kappa shape index (κ1) is 15.7. The second-order valence-electron chi connectivity index (χ2n) is 3.29. The predicted octanol–water partition coefficient (Wildman–Crippen LogP) is 1.36. The van der Waals surface area contributed by atoms with Gasteiger partial charge in [0.2, 0.25) is 0 Å². The highest BCUT2D eigenvalue weighted by Crippen LogP contribution is 2.53. The van der Waals surface area contributed by atoms with Crippen LogP contribution in [0.15, 0.2) is 0 Å². The molecular formula is C8H15N2O5PS2. The zero-order chi connectivity index (χ0) is 13.8. The van der Waals surface area contributed by atoms with E-state index in [-0.39, 0.29) is 0 Å². The van der Waals surface area contributed by atoms with E-state index in [0.29, 0.717) is 11.6 Å². The second kappa shape index (κ2) is 6.70. The first-order chi connectivity index (χ1) is 8.47. The fourth-order valence-corrected chi connectivity index (χ4v) is 4.11. The molecular weight excluding hydrogens is 299 g/mol. The molecule has 1 aliphatic rings. The van der Waals surface area contributed by atoms with Gasteiger partial charge in [-0.25, -0.2) is 9.59 Å². The highest BCUT2D eigenvalue weighted by atomic mass is 32.7. The van der Waals surface area contributed by atoms with Gasteiger partial charge in [0, 0.05) is 12.9 Å². The van der Waals surface area contributed by atoms with Gasteiger partial charge in [-0.05, 0) is 6.26 Å². The Hall–Kier alpha value is -0.370. The molecule has 0 bridgehead atoms. The first-order valence-electron chi connectivity index (χ1n) is 4.93. The lowest BCUT2D eigenvalue weighted by molar-refractivity contribution is -0.144. The fourth-order valence-electron chi connectivity index (χ4n) is 1.32. The van der Waals surface area contributed by atoms with E-state index < -0.39 is 24.8 Å². The number of urea groups is 1. The lowest BCUT2D eigenvalue weighted by Gasteiger charge is -2.24. The van der Waals surface area contributed by atoms with Crippen LogP contribution in [0.1, 0.15) is 0 Å². The van der Waals surface area contributed by atoms with E-state index >= 15 is 0 Å². The van der Waals surface area contributed by atoms with Crippen molar-refractivity contribution in [2.75, 3.05) is 32.1 Å². The van der Waals surface area contributed by atoms with E-state index in [2.05, 4.69) is 9.82 Å². The number of nitrogens with one attached hydrogen (secondary N) is 1. The van der Waals surface area contributed by atoms with Crippen LogP contribution < -0.4 is 5.09 Å². The Morgan fingerprint density at radius 3 is 2.67 bits per heavy atom. The molecule has 0 radical (unpaired) electrons. The molecule has 1 aliphatic heterocycles. The number of rotatable bonds is 4. The van der Waals surface area contributed by atoms with E-state index in [0.717, 1.165) is 11.4 Å². The molecule has 0 spiro atoms. The van der Waals surface area contributed by atoms with Crippen molar-refractivity contribution in [3.63, 3.8) is 0 Å². The van der Waals surface area contributed by atoms with Gasteiger partial charge >= 0.3 is 18.7 Å². The van der Waals surface area contributed by atoms with Gasteiger partial charge in [0.15, 0.2) is 0 Å². The van der Waals surface area contributed by atoms with Crippen LogP contribution in [-0.4, -0.2) is 55.0 Å². The normalized spacial score (nSPS) is 22.4. The average molecular weight is 314 g/mol. The summed E-state index contributed by atoms with van der Waals surface area (Å²) in [5.74, 6) is 0.340. The number of thioether (sulfide) groups is 1. The Balaban J connectivity index is 2.72. The van der Waals surface area contributed by atoms with Gasteiger partial charge in [0.1, 0.15) is 6.04 Å². The Kier molecular flexibility index (Phi) is 5.84. The summed E-state index contributed by atoms with van der Waals surface area (Å²) in [6.45, 7) is -3.24. The molecule has 18 heavy (non-hydrogen) atoms.